The average Bonchev–Trinajstić information content (AvgIpc) is 2.34. The summed E-state index contributed by atoms with van der Waals surface area (Å²) >= 11 is 0. The van der Waals surface area contributed by atoms with Crippen LogP contribution in [0.15, 0.2) is 24.5 Å². The zero-order chi connectivity index (χ0) is 13.2. The van der Waals surface area contributed by atoms with Gasteiger partial charge in [0.15, 0.2) is 0 Å². The molecule has 1 fully saturated rings. The lowest BCUT2D eigenvalue weighted by molar-refractivity contribution is -0.140. The first-order chi connectivity index (χ1) is 8.49. The van der Waals surface area contributed by atoms with Gasteiger partial charge in [-0.2, -0.15) is 0 Å². The highest BCUT2D eigenvalue weighted by Crippen LogP contribution is 2.25. The van der Waals surface area contributed by atoms with Crippen LogP contribution in [0.1, 0.15) is 25.8 Å². The lowest BCUT2D eigenvalue weighted by Crippen LogP contribution is -2.49. The van der Waals surface area contributed by atoms with E-state index < -0.39 is 5.41 Å². The summed E-state index contributed by atoms with van der Waals surface area (Å²) in [5.41, 5.74) is 0.500. The van der Waals surface area contributed by atoms with Crippen LogP contribution < -0.4 is 0 Å². The van der Waals surface area contributed by atoms with Crippen molar-refractivity contribution in [2.24, 2.45) is 5.41 Å². The molecule has 0 saturated carbocycles. The molecular weight excluding hydrogens is 228 g/mol. The summed E-state index contributed by atoms with van der Waals surface area (Å²) in [6.07, 6.45) is 4.22. The van der Waals surface area contributed by atoms with Gasteiger partial charge in [-0.25, -0.2) is 0 Å². The van der Waals surface area contributed by atoms with Gasteiger partial charge in [-0.05, 0) is 11.6 Å². The van der Waals surface area contributed by atoms with Crippen LogP contribution >= 0.6 is 0 Å². The second-order valence-corrected chi connectivity index (χ2v) is 5.41. The number of carbonyl (C=O) groups is 2. The van der Waals surface area contributed by atoms with Crippen molar-refractivity contribution < 1.29 is 9.59 Å². The van der Waals surface area contributed by atoms with Crippen molar-refractivity contribution in [3.05, 3.63) is 30.1 Å². The molecule has 0 aliphatic carbocycles. The summed E-state index contributed by atoms with van der Waals surface area (Å²) in [5.74, 6) is 0.316. The molecule has 0 spiro atoms. The van der Waals surface area contributed by atoms with Gasteiger partial charge in [-0.15, -0.1) is 0 Å². The zero-order valence-corrected chi connectivity index (χ0v) is 10.8. The van der Waals surface area contributed by atoms with E-state index in [-0.39, 0.29) is 11.7 Å². The SMILES string of the molecule is CC1(C)CN(C(=O)Cc2cccnc2)CCC1=O. The minimum absolute atomic E-state index is 0.0728. The largest absolute Gasteiger partial charge is 0.341 e. The number of ketones is 1. The Labute approximate surface area is 107 Å². The summed E-state index contributed by atoms with van der Waals surface area (Å²) in [6.45, 7) is 4.87. The van der Waals surface area contributed by atoms with Crippen molar-refractivity contribution >= 4 is 11.7 Å². The quantitative estimate of drug-likeness (QED) is 0.793. The number of piperidine rings is 1. The Kier molecular flexibility index (Phi) is 3.45. The maximum Gasteiger partial charge on any atom is 0.227 e. The van der Waals surface area contributed by atoms with Crippen LogP contribution in [0.4, 0.5) is 0 Å². The number of pyridine rings is 1. The predicted octanol–water partition coefficient (Wildman–Crippen LogP) is 1.45. The fourth-order valence-electron chi connectivity index (χ4n) is 2.22. The van der Waals surface area contributed by atoms with Gasteiger partial charge in [0, 0.05) is 37.3 Å². The first-order valence-corrected chi connectivity index (χ1v) is 6.19. The highest BCUT2D eigenvalue weighted by Gasteiger charge is 2.35. The minimum Gasteiger partial charge on any atom is -0.341 e. The Hall–Kier alpha value is -1.71. The molecule has 0 aromatic carbocycles. The van der Waals surface area contributed by atoms with E-state index in [1.165, 1.54) is 0 Å². The molecule has 18 heavy (non-hydrogen) atoms. The number of aromatic nitrogens is 1. The molecule has 2 rings (SSSR count). The van der Waals surface area contributed by atoms with Crippen LogP contribution in [0.5, 0.6) is 0 Å². The second-order valence-electron chi connectivity index (χ2n) is 5.41. The van der Waals surface area contributed by atoms with E-state index in [0.29, 0.717) is 25.9 Å². The van der Waals surface area contributed by atoms with Gasteiger partial charge in [-0.1, -0.05) is 19.9 Å². The monoisotopic (exact) mass is 246 g/mol. The molecule has 4 heteroatoms. The zero-order valence-electron chi connectivity index (χ0n) is 10.8. The van der Waals surface area contributed by atoms with Crippen molar-refractivity contribution in [3.63, 3.8) is 0 Å². The first kappa shape index (κ1) is 12.7. The fourth-order valence-corrected chi connectivity index (χ4v) is 2.22. The molecule has 1 aromatic heterocycles. The molecule has 0 atom stereocenters. The lowest BCUT2D eigenvalue weighted by Gasteiger charge is -2.36. The van der Waals surface area contributed by atoms with Crippen molar-refractivity contribution in [3.8, 4) is 0 Å². The van der Waals surface area contributed by atoms with E-state index >= 15 is 0 Å². The highest BCUT2D eigenvalue weighted by atomic mass is 16.2. The Morgan fingerprint density at radius 2 is 2.28 bits per heavy atom. The molecule has 1 amide bonds. The Bertz CT molecular complexity index is 454. The Morgan fingerprint density at radius 3 is 2.89 bits per heavy atom. The van der Waals surface area contributed by atoms with Crippen LogP contribution in [-0.4, -0.2) is 34.7 Å². The van der Waals surface area contributed by atoms with E-state index in [1.807, 2.05) is 26.0 Å². The van der Waals surface area contributed by atoms with Crippen molar-refractivity contribution in [1.82, 2.24) is 9.88 Å². The summed E-state index contributed by atoms with van der Waals surface area (Å²) < 4.78 is 0. The molecule has 0 unspecified atom stereocenters. The van der Waals surface area contributed by atoms with Gasteiger partial charge >= 0.3 is 0 Å². The van der Waals surface area contributed by atoms with E-state index in [0.717, 1.165) is 5.56 Å². The summed E-state index contributed by atoms with van der Waals surface area (Å²) in [4.78, 5) is 29.6. The Morgan fingerprint density at radius 1 is 1.50 bits per heavy atom. The summed E-state index contributed by atoms with van der Waals surface area (Å²) in [6, 6.07) is 3.72. The second kappa shape index (κ2) is 4.88. The molecule has 1 aliphatic heterocycles. The smallest absolute Gasteiger partial charge is 0.227 e. The summed E-state index contributed by atoms with van der Waals surface area (Å²) in [5, 5.41) is 0. The average molecular weight is 246 g/mol. The van der Waals surface area contributed by atoms with E-state index in [9.17, 15) is 9.59 Å². The highest BCUT2D eigenvalue weighted by molar-refractivity contribution is 5.88. The first-order valence-electron chi connectivity index (χ1n) is 6.19. The third-order valence-electron chi connectivity index (χ3n) is 3.38. The standard InChI is InChI=1S/C14H18N2O2/c1-14(2)10-16(7-5-12(14)17)13(18)8-11-4-3-6-15-9-11/h3-4,6,9H,5,7-8,10H2,1-2H3. The van der Waals surface area contributed by atoms with Crippen LogP contribution in [0.2, 0.25) is 0 Å². The molecular formula is C14H18N2O2. The number of Topliss-reactive ketones (excluding diaryl/α,β-unsaturated/α-hetero) is 1. The van der Waals surface area contributed by atoms with Crippen molar-refractivity contribution in [2.45, 2.75) is 26.7 Å². The molecule has 1 aliphatic rings. The molecule has 1 saturated heterocycles. The van der Waals surface area contributed by atoms with Gasteiger partial charge in [0.1, 0.15) is 5.78 Å². The number of hydrogen-bond acceptors (Lipinski definition) is 3. The number of amides is 1. The number of likely N-dealkylation sites (tertiary alicyclic amines) is 1. The Balaban J connectivity index is 2.00. The normalized spacial score (nSPS) is 18.8. The number of carbonyl (C=O) groups excluding carboxylic acids is 2. The summed E-state index contributed by atoms with van der Waals surface area (Å²) in [7, 11) is 0. The van der Waals surface area contributed by atoms with Gasteiger partial charge in [0.05, 0.1) is 6.42 Å². The van der Waals surface area contributed by atoms with E-state index in [2.05, 4.69) is 4.98 Å². The van der Waals surface area contributed by atoms with Gasteiger partial charge in [0.25, 0.3) is 0 Å². The molecule has 0 N–H and O–H groups in total. The maximum absolute atomic E-state index is 12.1. The van der Waals surface area contributed by atoms with Crippen molar-refractivity contribution in [1.29, 1.82) is 0 Å². The molecule has 96 valence electrons. The minimum atomic E-state index is -0.414. The third-order valence-corrected chi connectivity index (χ3v) is 3.38. The predicted molar refractivity (Wildman–Crippen MR) is 67.9 cm³/mol. The maximum atomic E-state index is 12.1. The molecule has 4 nitrogen and oxygen atoms in total. The molecule has 1 aromatic rings. The number of nitrogens with zero attached hydrogens (tertiary/aromatic N) is 2. The lowest BCUT2D eigenvalue weighted by atomic mass is 9.82. The number of rotatable bonds is 2. The molecule has 0 radical (unpaired) electrons. The molecule has 2 heterocycles. The van der Waals surface area contributed by atoms with Gasteiger partial charge in [-0.3, -0.25) is 14.6 Å². The van der Waals surface area contributed by atoms with Gasteiger partial charge < -0.3 is 4.90 Å². The number of hydrogen-bond donors (Lipinski definition) is 0. The van der Waals surface area contributed by atoms with Crippen LogP contribution in [0, 0.1) is 5.41 Å². The van der Waals surface area contributed by atoms with E-state index in [1.54, 1.807) is 17.3 Å². The third kappa shape index (κ3) is 2.75. The van der Waals surface area contributed by atoms with Crippen LogP contribution in [0.25, 0.3) is 0 Å². The topological polar surface area (TPSA) is 50.3 Å². The van der Waals surface area contributed by atoms with Crippen molar-refractivity contribution in [2.75, 3.05) is 13.1 Å². The fraction of sp³-hybridized carbons (Fsp3) is 0.500. The van der Waals surface area contributed by atoms with E-state index in [4.69, 9.17) is 0 Å². The van der Waals surface area contributed by atoms with Crippen LogP contribution in [-0.2, 0) is 16.0 Å². The molecule has 0 bridgehead atoms. The van der Waals surface area contributed by atoms with Crippen LogP contribution in [0.3, 0.4) is 0 Å². The van der Waals surface area contributed by atoms with Gasteiger partial charge in [0.2, 0.25) is 5.91 Å².